The maximum absolute atomic E-state index is 13.0. The molecule has 0 spiro atoms. The largest absolute Gasteiger partial charge is 0.330 e. The third-order valence-electron chi connectivity index (χ3n) is 2.19. The van der Waals surface area contributed by atoms with Gasteiger partial charge in [-0.1, -0.05) is 12.1 Å². The molecule has 5 nitrogen and oxygen atoms in total. The van der Waals surface area contributed by atoms with E-state index in [1.165, 1.54) is 12.1 Å². The molecule has 0 bridgehead atoms. The number of benzene rings is 1. The van der Waals surface area contributed by atoms with Crippen LogP contribution in [0.25, 0.3) is 11.4 Å². The van der Waals surface area contributed by atoms with Crippen molar-refractivity contribution in [1.29, 1.82) is 0 Å². The summed E-state index contributed by atoms with van der Waals surface area (Å²) in [7, 11) is 0. The Hall–Kier alpha value is -1.82. The van der Waals surface area contributed by atoms with E-state index in [1.807, 2.05) is 0 Å². The van der Waals surface area contributed by atoms with Crippen molar-refractivity contribution in [2.24, 2.45) is 5.73 Å². The van der Waals surface area contributed by atoms with Gasteiger partial charge in [0.1, 0.15) is 5.82 Å². The summed E-state index contributed by atoms with van der Waals surface area (Å²) in [5.74, 6) is 0.263. The van der Waals surface area contributed by atoms with Gasteiger partial charge in [0.2, 0.25) is 0 Å². The fourth-order valence-electron chi connectivity index (χ4n) is 1.43. The quantitative estimate of drug-likeness (QED) is 0.830. The first-order chi connectivity index (χ1) is 7.81. The highest BCUT2D eigenvalue weighted by Crippen LogP contribution is 2.16. The minimum absolute atomic E-state index is 0.300. The smallest absolute Gasteiger partial charge is 0.182 e. The van der Waals surface area contributed by atoms with Crippen molar-refractivity contribution in [2.45, 2.75) is 13.0 Å². The van der Waals surface area contributed by atoms with Crippen LogP contribution in [0.15, 0.2) is 24.3 Å². The summed E-state index contributed by atoms with van der Waals surface area (Å²) in [6.07, 6.45) is 0.785. The van der Waals surface area contributed by atoms with Crippen molar-refractivity contribution in [3.05, 3.63) is 30.1 Å². The van der Waals surface area contributed by atoms with Crippen LogP contribution in [-0.4, -0.2) is 26.8 Å². The van der Waals surface area contributed by atoms with Gasteiger partial charge in [-0.25, -0.2) is 9.07 Å². The minimum atomic E-state index is -0.300. The number of aromatic nitrogens is 4. The van der Waals surface area contributed by atoms with Gasteiger partial charge in [0.25, 0.3) is 0 Å². The van der Waals surface area contributed by atoms with E-state index in [9.17, 15) is 4.39 Å². The molecule has 0 unspecified atom stereocenters. The number of tetrazole rings is 1. The molecular formula is C10H12FN5. The highest BCUT2D eigenvalue weighted by atomic mass is 19.1. The Morgan fingerprint density at radius 1 is 1.38 bits per heavy atom. The van der Waals surface area contributed by atoms with E-state index in [0.717, 1.165) is 6.42 Å². The molecule has 0 aliphatic heterocycles. The summed E-state index contributed by atoms with van der Waals surface area (Å²) in [6, 6.07) is 6.20. The van der Waals surface area contributed by atoms with Crippen LogP contribution in [0.4, 0.5) is 4.39 Å². The van der Waals surface area contributed by atoms with Gasteiger partial charge in [-0.2, -0.15) is 0 Å². The van der Waals surface area contributed by atoms with Crippen LogP contribution in [0.2, 0.25) is 0 Å². The van der Waals surface area contributed by atoms with E-state index in [0.29, 0.717) is 24.5 Å². The highest BCUT2D eigenvalue weighted by molar-refractivity contribution is 5.54. The number of halogens is 1. The van der Waals surface area contributed by atoms with Crippen LogP contribution in [-0.2, 0) is 6.54 Å². The summed E-state index contributed by atoms with van der Waals surface area (Å²) in [5.41, 5.74) is 6.08. The lowest BCUT2D eigenvalue weighted by atomic mass is 10.2. The second kappa shape index (κ2) is 4.80. The monoisotopic (exact) mass is 221 g/mol. The lowest BCUT2D eigenvalue weighted by molar-refractivity contribution is 0.568. The van der Waals surface area contributed by atoms with Gasteiger partial charge < -0.3 is 5.73 Å². The van der Waals surface area contributed by atoms with Crippen molar-refractivity contribution in [3.63, 3.8) is 0 Å². The third kappa shape index (κ3) is 2.22. The predicted molar refractivity (Wildman–Crippen MR) is 56.9 cm³/mol. The van der Waals surface area contributed by atoms with Crippen LogP contribution >= 0.6 is 0 Å². The second-order valence-electron chi connectivity index (χ2n) is 3.38. The molecule has 2 N–H and O–H groups in total. The Labute approximate surface area is 92.1 Å². The first-order valence-corrected chi connectivity index (χ1v) is 5.03. The molecule has 2 aromatic rings. The molecule has 84 valence electrons. The average molecular weight is 221 g/mol. The maximum atomic E-state index is 13.0. The topological polar surface area (TPSA) is 69.6 Å². The Morgan fingerprint density at radius 3 is 3.00 bits per heavy atom. The fourth-order valence-corrected chi connectivity index (χ4v) is 1.43. The Bertz CT molecular complexity index is 468. The molecule has 0 atom stereocenters. The molecule has 0 fully saturated rings. The maximum Gasteiger partial charge on any atom is 0.182 e. The van der Waals surface area contributed by atoms with Crippen molar-refractivity contribution in [3.8, 4) is 11.4 Å². The zero-order chi connectivity index (χ0) is 11.4. The average Bonchev–Trinajstić information content (AvgIpc) is 2.74. The van der Waals surface area contributed by atoms with Crippen LogP contribution in [0.3, 0.4) is 0 Å². The van der Waals surface area contributed by atoms with Crippen LogP contribution in [0.5, 0.6) is 0 Å². The Morgan fingerprint density at radius 2 is 2.25 bits per heavy atom. The summed E-state index contributed by atoms with van der Waals surface area (Å²) in [4.78, 5) is 0. The zero-order valence-corrected chi connectivity index (χ0v) is 8.67. The van der Waals surface area contributed by atoms with Gasteiger partial charge in [-0.05, 0) is 35.5 Å². The molecule has 1 heterocycles. The second-order valence-corrected chi connectivity index (χ2v) is 3.38. The first kappa shape index (κ1) is 10.7. The number of rotatable bonds is 4. The molecule has 0 saturated carbocycles. The molecule has 0 radical (unpaired) electrons. The molecule has 1 aromatic heterocycles. The molecule has 1 aromatic carbocycles. The summed E-state index contributed by atoms with van der Waals surface area (Å²) in [5, 5.41) is 11.3. The standard InChI is InChI=1S/C10H12FN5/c11-9-4-1-3-8(7-9)10-13-14-15-16(10)6-2-5-12/h1,3-4,7H,2,5-6,12H2. The number of hydrogen-bond acceptors (Lipinski definition) is 4. The zero-order valence-electron chi connectivity index (χ0n) is 8.67. The predicted octanol–water partition coefficient (Wildman–Crippen LogP) is 0.828. The third-order valence-corrected chi connectivity index (χ3v) is 2.19. The van der Waals surface area contributed by atoms with Gasteiger partial charge in [-0.3, -0.25) is 0 Å². The van der Waals surface area contributed by atoms with Crippen LogP contribution < -0.4 is 5.73 Å². The minimum Gasteiger partial charge on any atom is -0.330 e. The van der Waals surface area contributed by atoms with E-state index in [2.05, 4.69) is 15.5 Å². The lowest BCUT2D eigenvalue weighted by Gasteiger charge is -2.03. The summed E-state index contributed by atoms with van der Waals surface area (Å²) < 4.78 is 14.7. The summed E-state index contributed by atoms with van der Waals surface area (Å²) >= 11 is 0. The van der Waals surface area contributed by atoms with E-state index < -0.39 is 0 Å². The van der Waals surface area contributed by atoms with E-state index in [4.69, 9.17) is 5.73 Å². The molecule has 0 saturated heterocycles. The van der Waals surface area contributed by atoms with Crippen molar-refractivity contribution in [2.75, 3.05) is 6.54 Å². The fraction of sp³-hybridized carbons (Fsp3) is 0.300. The SMILES string of the molecule is NCCCn1nnnc1-c1cccc(F)c1. The van der Waals surface area contributed by atoms with Gasteiger partial charge >= 0.3 is 0 Å². The lowest BCUT2D eigenvalue weighted by Crippen LogP contribution is -2.08. The number of hydrogen-bond donors (Lipinski definition) is 1. The van der Waals surface area contributed by atoms with Crippen molar-refractivity contribution < 1.29 is 4.39 Å². The number of aryl methyl sites for hydroxylation is 1. The van der Waals surface area contributed by atoms with Crippen LogP contribution in [0, 0.1) is 5.82 Å². The molecular weight excluding hydrogens is 209 g/mol. The Balaban J connectivity index is 2.29. The van der Waals surface area contributed by atoms with Gasteiger partial charge in [0.05, 0.1) is 0 Å². The molecule has 0 amide bonds. The number of nitrogens with two attached hydrogens (primary N) is 1. The van der Waals surface area contributed by atoms with E-state index in [-0.39, 0.29) is 5.82 Å². The summed E-state index contributed by atoms with van der Waals surface area (Å²) in [6.45, 7) is 1.21. The first-order valence-electron chi connectivity index (χ1n) is 5.03. The molecule has 0 aliphatic carbocycles. The van der Waals surface area contributed by atoms with Gasteiger partial charge in [0, 0.05) is 12.1 Å². The molecule has 0 aliphatic rings. The van der Waals surface area contributed by atoms with E-state index >= 15 is 0 Å². The molecule has 6 heteroatoms. The Kier molecular flexibility index (Phi) is 3.21. The normalized spacial score (nSPS) is 10.6. The van der Waals surface area contributed by atoms with Crippen molar-refractivity contribution in [1.82, 2.24) is 20.2 Å². The molecule has 16 heavy (non-hydrogen) atoms. The van der Waals surface area contributed by atoms with Crippen molar-refractivity contribution >= 4 is 0 Å². The van der Waals surface area contributed by atoms with Gasteiger partial charge in [0.15, 0.2) is 5.82 Å². The highest BCUT2D eigenvalue weighted by Gasteiger charge is 2.08. The molecule has 2 rings (SSSR count). The van der Waals surface area contributed by atoms with Crippen LogP contribution in [0.1, 0.15) is 6.42 Å². The number of nitrogens with zero attached hydrogens (tertiary/aromatic N) is 4. The van der Waals surface area contributed by atoms with E-state index in [1.54, 1.807) is 16.8 Å². The van der Waals surface area contributed by atoms with Gasteiger partial charge in [-0.15, -0.1) is 5.10 Å².